The smallest absolute Gasteiger partial charge is 0.255 e. The zero-order valence-electron chi connectivity index (χ0n) is 20.7. The quantitative estimate of drug-likeness (QED) is 0.413. The number of carbonyl (C=O) groups is 2. The number of amides is 2. The van der Waals surface area contributed by atoms with Gasteiger partial charge in [-0.15, -0.1) is 0 Å². The van der Waals surface area contributed by atoms with Crippen molar-refractivity contribution in [1.82, 2.24) is 0 Å². The molecule has 7 nitrogen and oxygen atoms in total. The van der Waals surface area contributed by atoms with Crippen molar-refractivity contribution in [3.8, 4) is 17.2 Å². The largest absolute Gasteiger partial charge is 0.491 e. The molecule has 0 saturated carbocycles. The molecule has 3 aliphatic heterocycles. The molecule has 0 fully saturated rings. The third-order valence-electron chi connectivity index (χ3n) is 7.45. The van der Waals surface area contributed by atoms with Crippen molar-refractivity contribution in [3.63, 3.8) is 0 Å². The molecule has 0 saturated heterocycles. The lowest BCUT2D eigenvalue weighted by Crippen LogP contribution is -2.42. The number of para-hydroxylation sites is 1. The fourth-order valence-electron chi connectivity index (χ4n) is 5.64. The van der Waals surface area contributed by atoms with E-state index in [2.05, 4.69) is 5.32 Å². The van der Waals surface area contributed by atoms with Crippen LogP contribution in [-0.4, -0.2) is 25.2 Å². The first-order valence-electron chi connectivity index (χ1n) is 12.5. The summed E-state index contributed by atoms with van der Waals surface area (Å²) < 4.78 is 17.2. The van der Waals surface area contributed by atoms with Crippen molar-refractivity contribution in [1.29, 1.82) is 0 Å². The van der Waals surface area contributed by atoms with Crippen molar-refractivity contribution in [2.45, 2.75) is 18.9 Å². The number of nitrogens with zero attached hydrogens (tertiary/aromatic N) is 1. The van der Waals surface area contributed by atoms with E-state index in [1.54, 1.807) is 17.0 Å². The Kier molecular flexibility index (Phi) is 4.94. The minimum absolute atomic E-state index is 0.0640. The number of benzene rings is 4. The van der Waals surface area contributed by atoms with Crippen molar-refractivity contribution in [2.75, 3.05) is 23.6 Å². The summed E-state index contributed by atoms with van der Waals surface area (Å²) >= 11 is 0. The summed E-state index contributed by atoms with van der Waals surface area (Å²) in [6, 6.07) is 26.6. The van der Waals surface area contributed by atoms with Gasteiger partial charge < -0.3 is 24.4 Å². The van der Waals surface area contributed by atoms with Gasteiger partial charge in [0.1, 0.15) is 17.8 Å². The summed E-state index contributed by atoms with van der Waals surface area (Å²) in [5.74, 6) is 1.61. The van der Waals surface area contributed by atoms with Crippen LogP contribution < -0.4 is 24.4 Å². The van der Waals surface area contributed by atoms with Gasteiger partial charge >= 0.3 is 0 Å². The molecule has 4 aromatic carbocycles. The predicted molar refractivity (Wildman–Crippen MR) is 142 cm³/mol. The number of hydrogen-bond acceptors (Lipinski definition) is 5. The maximum Gasteiger partial charge on any atom is 0.255 e. The van der Waals surface area contributed by atoms with E-state index in [0.29, 0.717) is 29.4 Å². The number of rotatable bonds is 4. The van der Waals surface area contributed by atoms with Crippen molar-refractivity contribution in [3.05, 3.63) is 113 Å². The second-order valence-electron chi connectivity index (χ2n) is 9.83. The molecule has 4 aromatic rings. The molecule has 1 atom stereocenters. The van der Waals surface area contributed by atoms with E-state index >= 15 is 0 Å². The Hall–Kier alpha value is -4.78. The topological polar surface area (TPSA) is 77.1 Å². The molecular weight excluding hydrogens is 480 g/mol. The first-order valence-corrected chi connectivity index (χ1v) is 12.5. The van der Waals surface area contributed by atoms with Gasteiger partial charge in [-0.3, -0.25) is 9.59 Å². The molecule has 2 amide bonds. The number of carbonyl (C=O) groups excluding carboxylic acids is 2. The molecule has 1 N–H and O–H groups in total. The molecule has 1 spiro atoms. The average Bonchev–Trinajstić information content (AvgIpc) is 3.60. The van der Waals surface area contributed by atoms with Crippen LogP contribution in [0.4, 0.5) is 11.4 Å². The Bertz CT molecular complexity index is 1630. The number of fused-ring (bicyclic) bond motifs is 5. The molecule has 0 aliphatic carbocycles. The van der Waals surface area contributed by atoms with Crippen molar-refractivity contribution in [2.24, 2.45) is 0 Å². The number of ether oxygens (including phenoxy) is 3. The summed E-state index contributed by atoms with van der Waals surface area (Å²) in [7, 11) is 0. The van der Waals surface area contributed by atoms with Crippen LogP contribution in [0.15, 0.2) is 84.9 Å². The molecule has 0 radical (unpaired) electrons. The lowest BCUT2D eigenvalue weighted by Gasteiger charge is -2.23. The van der Waals surface area contributed by atoms with E-state index in [1.165, 1.54) is 0 Å². The molecule has 188 valence electrons. The maximum atomic E-state index is 14.2. The standard InChI is InChI=1S/C31H24N2O5/c1-19-6-4-9-22(12-19)32-29(34)21-8-5-7-20(13-21)16-33-25-11-3-2-10-23(25)31(30(33)35)17-36-26-15-28-27(14-24(26)31)37-18-38-28/h2-15H,16-18H2,1H3,(H,32,34). The monoisotopic (exact) mass is 504 g/mol. The van der Waals surface area contributed by atoms with E-state index in [0.717, 1.165) is 33.6 Å². The van der Waals surface area contributed by atoms with Crippen LogP contribution in [0, 0.1) is 6.92 Å². The zero-order chi connectivity index (χ0) is 25.9. The Balaban J connectivity index is 1.22. The number of hydrogen-bond donors (Lipinski definition) is 1. The van der Waals surface area contributed by atoms with E-state index in [9.17, 15) is 9.59 Å². The van der Waals surface area contributed by atoms with Gasteiger partial charge in [-0.05, 0) is 60.0 Å². The lowest BCUT2D eigenvalue weighted by molar-refractivity contribution is -0.122. The van der Waals surface area contributed by atoms with Gasteiger partial charge in [0.05, 0.1) is 6.54 Å². The van der Waals surface area contributed by atoms with Crippen LogP contribution >= 0.6 is 0 Å². The first kappa shape index (κ1) is 22.4. The SMILES string of the molecule is Cc1cccc(NC(=O)c2cccc(CN3C(=O)C4(COc5cc6c(cc54)OCO6)c4ccccc43)c2)c1. The molecule has 0 aromatic heterocycles. The molecule has 0 bridgehead atoms. The third kappa shape index (κ3) is 3.35. The van der Waals surface area contributed by atoms with Gasteiger partial charge in [0.15, 0.2) is 11.5 Å². The van der Waals surface area contributed by atoms with Crippen LogP contribution in [0.3, 0.4) is 0 Å². The number of aryl methyl sites for hydroxylation is 1. The number of anilines is 2. The Morgan fingerprint density at radius 3 is 2.55 bits per heavy atom. The highest BCUT2D eigenvalue weighted by Gasteiger charge is 2.57. The third-order valence-corrected chi connectivity index (χ3v) is 7.45. The van der Waals surface area contributed by atoms with E-state index in [4.69, 9.17) is 14.2 Å². The van der Waals surface area contributed by atoms with E-state index in [-0.39, 0.29) is 25.2 Å². The fraction of sp³-hybridized carbons (Fsp3) is 0.161. The molecule has 3 heterocycles. The second-order valence-corrected chi connectivity index (χ2v) is 9.83. The van der Waals surface area contributed by atoms with Gasteiger partial charge in [0.2, 0.25) is 12.7 Å². The summed E-state index contributed by atoms with van der Waals surface area (Å²) in [6.45, 7) is 2.66. The van der Waals surface area contributed by atoms with Crippen LogP contribution in [-0.2, 0) is 16.8 Å². The summed E-state index contributed by atoms with van der Waals surface area (Å²) in [5.41, 5.74) is 4.75. The van der Waals surface area contributed by atoms with Crippen molar-refractivity contribution < 1.29 is 23.8 Å². The second kappa shape index (κ2) is 8.38. The molecule has 1 unspecified atom stereocenters. The predicted octanol–water partition coefficient (Wildman–Crippen LogP) is 5.20. The van der Waals surface area contributed by atoms with Gasteiger partial charge in [0, 0.05) is 28.6 Å². The molecule has 7 heteroatoms. The lowest BCUT2D eigenvalue weighted by atomic mass is 9.77. The van der Waals surface area contributed by atoms with Crippen LogP contribution in [0.1, 0.15) is 32.6 Å². The van der Waals surface area contributed by atoms with Crippen molar-refractivity contribution >= 4 is 23.2 Å². The molecular formula is C31H24N2O5. The highest BCUT2D eigenvalue weighted by molar-refractivity contribution is 6.11. The highest BCUT2D eigenvalue weighted by Crippen LogP contribution is 2.55. The minimum Gasteiger partial charge on any atom is -0.491 e. The zero-order valence-corrected chi connectivity index (χ0v) is 20.7. The van der Waals surface area contributed by atoms with Crippen LogP contribution in [0.25, 0.3) is 0 Å². The molecule has 7 rings (SSSR count). The average molecular weight is 505 g/mol. The van der Waals surface area contributed by atoms with Crippen LogP contribution in [0.5, 0.6) is 17.2 Å². The Labute approximate surface area is 219 Å². The number of nitrogens with one attached hydrogen (secondary N) is 1. The Morgan fingerprint density at radius 1 is 0.868 bits per heavy atom. The van der Waals surface area contributed by atoms with E-state index < -0.39 is 5.41 Å². The summed E-state index contributed by atoms with van der Waals surface area (Å²) in [4.78, 5) is 29.0. The van der Waals surface area contributed by atoms with Gasteiger partial charge in [-0.25, -0.2) is 0 Å². The molecule has 3 aliphatic rings. The van der Waals surface area contributed by atoms with Crippen LogP contribution in [0.2, 0.25) is 0 Å². The first-order chi connectivity index (χ1) is 18.5. The van der Waals surface area contributed by atoms with Gasteiger partial charge in [0.25, 0.3) is 5.91 Å². The highest BCUT2D eigenvalue weighted by atomic mass is 16.7. The minimum atomic E-state index is -0.965. The Morgan fingerprint density at radius 2 is 1.68 bits per heavy atom. The van der Waals surface area contributed by atoms with Gasteiger partial charge in [-0.2, -0.15) is 0 Å². The normalized spacial score (nSPS) is 18.3. The van der Waals surface area contributed by atoms with E-state index in [1.807, 2.05) is 79.7 Å². The van der Waals surface area contributed by atoms with Gasteiger partial charge in [-0.1, -0.05) is 42.5 Å². The summed E-state index contributed by atoms with van der Waals surface area (Å²) in [5, 5.41) is 2.96. The summed E-state index contributed by atoms with van der Waals surface area (Å²) in [6.07, 6.45) is 0. The molecule has 38 heavy (non-hydrogen) atoms. The maximum absolute atomic E-state index is 14.2. The fourth-order valence-corrected chi connectivity index (χ4v) is 5.64.